The first-order valence-electron chi connectivity index (χ1n) is 11.3. The largest absolute Gasteiger partial charge is 0.493 e. The number of rotatable bonds is 7. The molecule has 35 heavy (non-hydrogen) atoms. The zero-order chi connectivity index (χ0) is 25.1. The number of non-ortho nitro benzene ring substituents is 1. The third-order valence-corrected chi connectivity index (χ3v) is 5.87. The third kappa shape index (κ3) is 4.80. The summed E-state index contributed by atoms with van der Waals surface area (Å²) in [6.07, 6.45) is 3.25. The minimum Gasteiger partial charge on any atom is -0.493 e. The van der Waals surface area contributed by atoms with Gasteiger partial charge in [0, 0.05) is 46.0 Å². The molecular weight excluding hydrogens is 444 g/mol. The maximum Gasteiger partial charge on any atom is 0.269 e. The van der Waals surface area contributed by atoms with E-state index in [9.17, 15) is 14.9 Å². The van der Waals surface area contributed by atoms with Gasteiger partial charge in [-0.25, -0.2) is 0 Å². The fraction of sp³-hybridized carbons (Fsp3) is 0.179. The van der Waals surface area contributed by atoms with E-state index in [0.29, 0.717) is 23.6 Å². The molecule has 178 valence electrons. The highest BCUT2D eigenvalue weighted by atomic mass is 16.6. The lowest BCUT2D eigenvalue weighted by atomic mass is 9.96. The van der Waals surface area contributed by atoms with Crippen LogP contribution in [0.15, 0.2) is 71.4 Å². The molecule has 0 bridgehead atoms. The molecule has 4 aromatic rings. The molecule has 0 atom stereocenters. The molecule has 3 aromatic carbocycles. The van der Waals surface area contributed by atoms with Crippen molar-refractivity contribution < 1.29 is 18.9 Å². The number of fused-ring (bicyclic) bond motifs is 1. The maximum atomic E-state index is 12.8. The van der Waals surface area contributed by atoms with Gasteiger partial charge in [-0.15, -0.1) is 0 Å². The number of hydrogen-bond acceptors (Lipinski definition) is 5. The molecule has 1 aromatic heterocycles. The Morgan fingerprint density at radius 2 is 1.89 bits per heavy atom. The Morgan fingerprint density at radius 3 is 2.54 bits per heavy atom. The highest BCUT2D eigenvalue weighted by Crippen LogP contribution is 2.40. The van der Waals surface area contributed by atoms with E-state index in [0.717, 1.165) is 38.8 Å². The molecule has 0 saturated heterocycles. The van der Waals surface area contributed by atoms with Crippen molar-refractivity contribution in [3.63, 3.8) is 0 Å². The van der Waals surface area contributed by atoms with Gasteiger partial charge in [0.15, 0.2) is 0 Å². The van der Waals surface area contributed by atoms with Crippen LogP contribution in [0, 0.1) is 24.0 Å². The first-order chi connectivity index (χ1) is 16.8. The number of carbonyl (C=O) groups is 1. The Bertz CT molecular complexity index is 1450. The summed E-state index contributed by atoms with van der Waals surface area (Å²) in [6, 6.07) is 16.3. The molecule has 0 radical (unpaired) electrons. The summed E-state index contributed by atoms with van der Waals surface area (Å²) in [5.74, 6) is 0.331. The number of allylic oxidation sites excluding steroid dienone is 1. The number of nitro groups is 1. The van der Waals surface area contributed by atoms with E-state index in [2.05, 4.69) is 5.32 Å². The van der Waals surface area contributed by atoms with Crippen molar-refractivity contribution in [2.45, 2.75) is 27.7 Å². The van der Waals surface area contributed by atoms with Crippen molar-refractivity contribution in [2.24, 2.45) is 0 Å². The van der Waals surface area contributed by atoms with Gasteiger partial charge in [-0.3, -0.25) is 14.9 Å². The molecule has 0 aliphatic carbocycles. The number of furan rings is 1. The standard InChI is InChI=1S/C28H26N2O5/c1-5-34-27-19(4)28-23(24(16-35-28)20-9-7-6-8-10-20)15-22(27)17(2)14-26(31)29-25-12-11-21(30(32)33)13-18(25)3/h6-16H,5H2,1-4H3,(H,29,31)/b17-14+. The Balaban J connectivity index is 1.73. The molecule has 0 aliphatic heterocycles. The Labute approximate surface area is 203 Å². The van der Waals surface area contributed by atoms with E-state index in [1.54, 1.807) is 13.2 Å². The number of nitrogens with one attached hydrogen (secondary N) is 1. The minimum atomic E-state index is -0.462. The molecule has 0 spiro atoms. The van der Waals surface area contributed by atoms with Crippen molar-refractivity contribution in [1.82, 2.24) is 0 Å². The average Bonchev–Trinajstić information content (AvgIpc) is 3.26. The predicted octanol–water partition coefficient (Wildman–Crippen LogP) is 7.07. The van der Waals surface area contributed by atoms with Gasteiger partial charge in [-0.05, 0) is 56.5 Å². The van der Waals surface area contributed by atoms with Crippen LogP contribution in [0.25, 0.3) is 27.7 Å². The normalized spacial score (nSPS) is 11.5. The van der Waals surface area contributed by atoms with Crippen LogP contribution >= 0.6 is 0 Å². The van der Waals surface area contributed by atoms with Crippen molar-refractivity contribution in [1.29, 1.82) is 0 Å². The molecule has 4 rings (SSSR count). The second-order valence-corrected chi connectivity index (χ2v) is 8.28. The van der Waals surface area contributed by atoms with Crippen LogP contribution < -0.4 is 10.1 Å². The fourth-order valence-electron chi connectivity index (χ4n) is 4.13. The number of nitrogens with zero attached hydrogens (tertiary/aromatic N) is 1. The minimum absolute atomic E-state index is 0.0216. The molecule has 0 saturated carbocycles. The van der Waals surface area contributed by atoms with Crippen LogP contribution in [0.5, 0.6) is 5.75 Å². The van der Waals surface area contributed by atoms with E-state index >= 15 is 0 Å². The number of hydrogen-bond donors (Lipinski definition) is 1. The summed E-state index contributed by atoms with van der Waals surface area (Å²) >= 11 is 0. The second kappa shape index (κ2) is 9.85. The van der Waals surface area contributed by atoms with E-state index in [1.165, 1.54) is 24.3 Å². The average molecular weight is 471 g/mol. The summed E-state index contributed by atoms with van der Waals surface area (Å²) < 4.78 is 11.9. The third-order valence-electron chi connectivity index (χ3n) is 5.87. The molecule has 1 amide bonds. The van der Waals surface area contributed by atoms with Gasteiger partial charge in [0.05, 0.1) is 17.8 Å². The molecule has 7 heteroatoms. The van der Waals surface area contributed by atoms with Crippen LogP contribution in [0.4, 0.5) is 11.4 Å². The summed E-state index contributed by atoms with van der Waals surface area (Å²) in [5, 5.41) is 14.7. The Hall–Kier alpha value is -4.39. The predicted molar refractivity (Wildman–Crippen MR) is 138 cm³/mol. The van der Waals surface area contributed by atoms with Gasteiger partial charge in [0.1, 0.15) is 11.3 Å². The molecule has 7 nitrogen and oxygen atoms in total. The lowest BCUT2D eigenvalue weighted by Crippen LogP contribution is -2.10. The zero-order valence-electron chi connectivity index (χ0n) is 20.0. The van der Waals surface area contributed by atoms with Crippen molar-refractivity contribution in [3.05, 3.63) is 93.7 Å². The number of anilines is 1. The lowest BCUT2D eigenvalue weighted by Gasteiger charge is -2.15. The Kier molecular flexibility index (Phi) is 6.68. The van der Waals surface area contributed by atoms with Gasteiger partial charge < -0.3 is 14.5 Å². The molecule has 1 heterocycles. The molecule has 0 unspecified atom stereocenters. The van der Waals surface area contributed by atoms with Crippen molar-refractivity contribution >= 4 is 33.8 Å². The van der Waals surface area contributed by atoms with Crippen LogP contribution in [0.3, 0.4) is 0 Å². The van der Waals surface area contributed by atoms with E-state index in [-0.39, 0.29) is 11.6 Å². The van der Waals surface area contributed by atoms with Crippen LogP contribution in [-0.2, 0) is 4.79 Å². The number of ether oxygens (including phenoxy) is 1. The topological polar surface area (TPSA) is 94.6 Å². The summed E-state index contributed by atoms with van der Waals surface area (Å²) in [7, 11) is 0. The van der Waals surface area contributed by atoms with E-state index in [4.69, 9.17) is 9.15 Å². The maximum absolute atomic E-state index is 12.8. The van der Waals surface area contributed by atoms with E-state index < -0.39 is 4.92 Å². The van der Waals surface area contributed by atoms with Gasteiger partial charge in [-0.2, -0.15) is 0 Å². The second-order valence-electron chi connectivity index (χ2n) is 8.28. The van der Waals surface area contributed by atoms with Gasteiger partial charge >= 0.3 is 0 Å². The fourth-order valence-corrected chi connectivity index (χ4v) is 4.13. The summed E-state index contributed by atoms with van der Waals surface area (Å²) in [5.41, 5.74) is 6.23. The summed E-state index contributed by atoms with van der Waals surface area (Å²) in [6.45, 7) is 7.89. The quantitative estimate of drug-likeness (QED) is 0.177. The SMILES string of the molecule is CCOc1c(/C(C)=C/C(=O)Nc2ccc([N+](=O)[O-])cc2C)cc2c(-c3ccccc3)coc2c1C. The molecule has 0 fully saturated rings. The number of nitro benzene ring substituents is 1. The Morgan fingerprint density at radius 1 is 1.14 bits per heavy atom. The first-order valence-corrected chi connectivity index (χ1v) is 11.3. The van der Waals surface area contributed by atoms with E-state index in [1.807, 2.05) is 57.2 Å². The first kappa shape index (κ1) is 23.8. The monoisotopic (exact) mass is 470 g/mol. The molecule has 1 N–H and O–H groups in total. The number of benzene rings is 3. The molecule has 0 aliphatic rings. The van der Waals surface area contributed by atoms with Crippen molar-refractivity contribution in [2.75, 3.05) is 11.9 Å². The highest BCUT2D eigenvalue weighted by Gasteiger charge is 2.19. The van der Waals surface area contributed by atoms with Gasteiger partial charge in [0.25, 0.3) is 5.69 Å². The van der Waals surface area contributed by atoms with Crippen LogP contribution in [0.2, 0.25) is 0 Å². The summed E-state index contributed by atoms with van der Waals surface area (Å²) in [4.78, 5) is 23.4. The van der Waals surface area contributed by atoms with Crippen LogP contribution in [0.1, 0.15) is 30.5 Å². The number of carbonyl (C=O) groups excluding carboxylic acids is 1. The smallest absolute Gasteiger partial charge is 0.269 e. The number of aryl methyl sites for hydroxylation is 2. The lowest BCUT2D eigenvalue weighted by molar-refractivity contribution is -0.384. The number of amides is 1. The van der Waals surface area contributed by atoms with Gasteiger partial charge in [-0.1, -0.05) is 30.3 Å². The highest BCUT2D eigenvalue weighted by molar-refractivity contribution is 6.06. The van der Waals surface area contributed by atoms with Gasteiger partial charge in [0.2, 0.25) is 5.91 Å². The van der Waals surface area contributed by atoms with Crippen molar-refractivity contribution in [3.8, 4) is 16.9 Å². The molecular formula is C28H26N2O5. The zero-order valence-corrected chi connectivity index (χ0v) is 20.0. The van der Waals surface area contributed by atoms with Crippen LogP contribution in [-0.4, -0.2) is 17.4 Å².